The number of pyridine rings is 1. The standard InChI is InChI=1S/C17H25N3O3/c1-6-10(4)14(8-21)18-16(22)12-7-13(9(2)3)19-17-15(12)11(5)20-23-17/h7,9-10,14,21H,6,8H2,1-5H3,(H,18,22)/t10-,14+/m1/s1. The first-order chi connectivity index (χ1) is 10.9. The number of nitrogens with zero attached hydrogens (tertiary/aromatic N) is 2. The zero-order valence-corrected chi connectivity index (χ0v) is 14.4. The molecular weight excluding hydrogens is 294 g/mol. The number of hydrogen-bond donors (Lipinski definition) is 2. The molecule has 0 saturated heterocycles. The minimum absolute atomic E-state index is 0.0887. The number of aromatic nitrogens is 2. The van der Waals surface area contributed by atoms with E-state index >= 15 is 0 Å². The van der Waals surface area contributed by atoms with Crippen molar-refractivity contribution in [3.05, 3.63) is 23.0 Å². The van der Waals surface area contributed by atoms with E-state index in [0.29, 0.717) is 22.4 Å². The van der Waals surface area contributed by atoms with Gasteiger partial charge in [-0.2, -0.15) is 0 Å². The van der Waals surface area contributed by atoms with E-state index in [4.69, 9.17) is 4.52 Å². The van der Waals surface area contributed by atoms with Crippen LogP contribution in [0.5, 0.6) is 0 Å². The highest BCUT2D eigenvalue weighted by Gasteiger charge is 2.23. The Morgan fingerprint density at radius 2 is 2.09 bits per heavy atom. The number of aliphatic hydroxyl groups is 1. The van der Waals surface area contributed by atoms with E-state index in [0.717, 1.165) is 12.1 Å². The van der Waals surface area contributed by atoms with Gasteiger partial charge in [0, 0.05) is 5.69 Å². The number of aryl methyl sites for hydroxylation is 1. The normalized spacial score (nSPS) is 14.2. The van der Waals surface area contributed by atoms with Gasteiger partial charge in [-0.25, -0.2) is 4.98 Å². The molecule has 2 aromatic rings. The Morgan fingerprint density at radius 1 is 1.39 bits per heavy atom. The van der Waals surface area contributed by atoms with Crippen LogP contribution >= 0.6 is 0 Å². The Morgan fingerprint density at radius 3 is 2.65 bits per heavy atom. The van der Waals surface area contributed by atoms with Gasteiger partial charge in [0.25, 0.3) is 11.6 Å². The van der Waals surface area contributed by atoms with Crippen LogP contribution in [-0.2, 0) is 0 Å². The lowest BCUT2D eigenvalue weighted by Gasteiger charge is -2.22. The van der Waals surface area contributed by atoms with Crippen molar-refractivity contribution in [3.8, 4) is 0 Å². The zero-order chi connectivity index (χ0) is 17.1. The average Bonchev–Trinajstić information content (AvgIpc) is 2.92. The molecule has 2 aromatic heterocycles. The highest BCUT2D eigenvalue weighted by atomic mass is 16.5. The van der Waals surface area contributed by atoms with Gasteiger partial charge >= 0.3 is 0 Å². The van der Waals surface area contributed by atoms with Gasteiger partial charge in [-0.05, 0) is 24.8 Å². The summed E-state index contributed by atoms with van der Waals surface area (Å²) >= 11 is 0. The zero-order valence-electron chi connectivity index (χ0n) is 14.4. The molecule has 0 unspecified atom stereocenters. The van der Waals surface area contributed by atoms with Gasteiger partial charge in [0.2, 0.25) is 0 Å². The minimum atomic E-state index is -0.279. The SMILES string of the molecule is CC[C@@H](C)[C@H](CO)NC(=O)c1cc(C(C)C)nc2onc(C)c12. The first-order valence-corrected chi connectivity index (χ1v) is 8.07. The summed E-state index contributed by atoms with van der Waals surface area (Å²) in [6, 6.07) is 1.51. The Labute approximate surface area is 136 Å². The minimum Gasteiger partial charge on any atom is -0.394 e. The molecule has 6 nitrogen and oxygen atoms in total. The second-order valence-electron chi connectivity index (χ2n) is 6.35. The predicted octanol–water partition coefficient (Wildman–Crippen LogP) is 2.79. The van der Waals surface area contributed by atoms with Crippen molar-refractivity contribution in [2.45, 2.75) is 53.0 Å². The Balaban J connectivity index is 2.44. The topological polar surface area (TPSA) is 88.2 Å². The summed E-state index contributed by atoms with van der Waals surface area (Å²) in [6.07, 6.45) is 0.876. The van der Waals surface area contributed by atoms with E-state index < -0.39 is 0 Å². The number of fused-ring (bicyclic) bond motifs is 1. The molecular formula is C17H25N3O3. The Bertz CT molecular complexity index is 694. The van der Waals surface area contributed by atoms with Gasteiger partial charge in [-0.15, -0.1) is 0 Å². The molecule has 0 aromatic carbocycles. The Kier molecular flexibility index (Phi) is 5.36. The fourth-order valence-corrected chi connectivity index (χ4v) is 2.49. The molecule has 0 radical (unpaired) electrons. The average molecular weight is 319 g/mol. The van der Waals surface area contributed by atoms with E-state index in [1.807, 2.05) is 27.7 Å². The number of carbonyl (C=O) groups is 1. The molecule has 0 bridgehead atoms. The van der Waals surface area contributed by atoms with Gasteiger partial charge in [0.1, 0.15) is 0 Å². The van der Waals surface area contributed by atoms with Crippen LogP contribution in [0.15, 0.2) is 10.6 Å². The van der Waals surface area contributed by atoms with E-state index in [2.05, 4.69) is 15.5 Å². The van der Waals surface area contributed by atoms with Gasteiger partial charge < -0.3 is 14.9 Å². The molecule has 0 aliphatic heterocycles. The van der Waals surface area contributed by atoms with E-state index in [1.54, 1.807) is 13.0 Å². The van der Waals surface area contributed by atoms with Crippen molar-refractivity contribution >= 4 is 17.0 Å². The third kappa shape index (κ3) is 3.52. The van der Waals surface area contributed by atoms with Crippen molar-refractivity contribution in [1.82, 2.24) is 15.5 Å². The first kappa shape index (κ1) is 17.4. The molecule has 0 saturated carbocycles. The molecule has 6 heteroatoms. The summed E-state index contributed by atoms with van der Waals surface area (Å²) in [4.78, 5) is 17.2. The predicted molar refractivity (Wildman–Crippen MR) is 88.4 cm³/mol. The molecule has 0 aliphatic rings. The van der Waals surface area contributed by atoms with Crippen LogP contribution in [-0.4, -0.2) is 33.8 Å². The highest BCUT2D eigenvalue weighted by molar-refractivity contribution is 6.06. The molecule has 0 spiro atoms. The van der Waals surface area contributed by atoms with Crippen molar-refractivity contribution < 1.29 is 14.4 Å². The van der Waals surface area contributed by atoms with Crippen LogP contribution in [0, 0.1) is 12.8 Å². The van der Waals surface area contributed by atoms with Crippen LogP contribution in [0.2, 0.25) is 0 Å². The number of carbonyl (C=O) groups excluding carboxylic acids is 1. The van der Waals surface area contributed by atoms with Crippen LogP contribution in [0.25, 0.3) is 11.1 Å². The highest BCUT2D eigenvalue weighted by Crippen LogP contribution is 2.25. The van der Waals surface area contributed by atoms with Crippen LogP contribution in [0.3, 0.4) is 0 Å². The molecule has 126 valence electrons. The number of hydrogen-bond acceptors (Lipinski definition) is 5. The van der Waals surface area contributed by atoms with E-state index in [-0.39, 0.29) is 30.4 Å². The van der Waals surface area contributed by atoms with Gasteiger partial charge in [-0.3, -0.25) is 4.79 Å². The molecule has 2 N–H and O–H groups in total. The number of rotatable bonds is 6. The van der Waals surface area contributed by atoms with Gasteiger partial charge in [0.15, 0.2) is 0 Å². The van der Waals surface area contributed by atoms with Crippen molar-refractivity contribution in [3.63, 3.8) is 0 Å². The molecule has 23 heavy (non-hydrogen) atoms. The summed E-state index contributed by atoms with van der Waals surface area (Å²) in [5, 5.41) is 17.0. The number of aliphatic hydroxyl groups excluding tert-OH is 1. The summed E-state index contributed by atoms with van der Waals surface area (Å²) in [5.74, 6) is 0.124. The number of nitrogens with one attached hydrogen (secondary N) is 1. The second-order valence-corrected chi connectivity index (χ2v) is 6.35. The maximum atomic E-state index is 12.8. The summed E-state index contributed by atoms with van der Waals surface area (Å²) in [7, 11) is 0. The maximum absolute atomic E-state index is 12.8. The summed E-state index contributed by atoms with van der Waals surface area (Å²) in [5.41, 5.74) is 2.29. The van der Waals surface area contributed by atoms with E-state index in [1.165, 1.54) is 0 Å². The van der Waals surface area contributed by atoms with Gasteiger partial charge in [-0.1, -0.05) is 39.3 Å². The molecule has 0 aliphatic carbocycles. The second kappa shape index (κ2) is 7.08. The van der Waals surface area contributed by atoms with Crippen molar-refractivity contribution in [1.29, 1.82) is 0 Å². The molecule has 2 heterocycles. The summed E-state index contributed by atoms with van der Waals surface area (Å²) in [6.45, 7) is 9.76. The largest absolute Gasteiger partial charge is 0.394 e. The number of amides is 1. The van der Waals surface area contributed by atoms with Crippen LogP contribution in [0.4, 0.5) is 0 Å². The fraction of sp³-hybridized carbons (Fsp3) is 0.588. The van der Waals surface area contributed by atoms with Crippen LogP contribution < -0.4 is 5.32 Å². The molecule has 0 fully saturated rings. The van der Waals surface area contributed by atoms with Gasteiger partial charge in [0.05, 0.1) is 29.3 Å². The quantitative estimate of drug-likeness (QED) is 0.854. The monoisotopic (exact) mass is 319 g/mol. The third-order valence-electron chi connectivity index (χ3n) is 4.32. The lowest BCUT2D eigenvalue weighted by atomic mass is 9.98. The lowest BCUT2D eigenvalue weighted by Crippen LogP contribution is -2.42. The summed E-state index contributed by atoms with van der Waals surface area (Å²) < 4.78 is 5.24. The van der Waals surface area contributed by atoms with Crippen molar-refractivity contribution in [2.24, 2.45) is 5.92 Å². The molecule has 1 amide bonds. The van der Waals surface area contributed by atoms with Crippen molar-refractivity contribution in [2.75, 3.05) is 6.61 Å². The fourth-order valence-electron chi connectivity index (χ4n) is 2.49. The molecule has 2 rings (SSSR count). The smallest absolute Gasteiger partial charge is 0.259 e. The third-order valence-corrected chi connectivity index (χ3v) is 4.32. The van der Waals surface area contributed by atoms with Crippen LogP contribution in [0.1, 0.15) is 61.8 Å². The molecule has 2 atom stereocenters. The first-order valence-electron chi connectivity index (χ1n) is 8.07. The van der Waals surface area contributed by atoms with E-state index in [9.17, 15) is 9.90 Å². The maximum Gasteiger partial charge on any atom is 0.259 e. The Hall–Kier alpha value is -1.95. The lowest BCUT2D eigenvalue weighted by molar-refractivity contribution is 0.0893.